The van der Waals surface area contributed by atoms with E-state index in [1.807, 2.05) is 12.1 Å². The summed E-state index contributed by atoms with van der Waals surface area (Å²) in [5.41, 5.74) is 3.81. The van der Waals surface area contributed by atoms with Crippen molar-refractivity contribution >= 4 is 11.8 Å². The van der Waals surface area contributed by atoms with Gasteiger partial charge in [0.05, 0.1) is 4.92 Å². The van der Waals surface area contributed by atoms with Gasteiger partial charge in [-0.25, -0.2) is 0 Å². The third kappa shape index (κ3) is 2.92. The fourth-order valence-electron chi connectivity index (χ4n) is 3.76. The molecule has 0 radical (unpaired) electrons. The molecule has 0 N–H and O–H groups in total. The van der Waals surface area contributed by atoms with Gasteiger partial charge in [-0.2, -0.15) is 0 Å². The first-order chi connectivity index (χ1) is 12.7. The largest absolute Gasteiger partial charge is 0.269 e. The van der Waals surface area contributed by atoms with Crippen LogP contribution in [0, 0.1) is 16.0 Å². The molecule has 3 aromatic rings. The standard InChI is InChI=1S/C23H19NO2/c25-24(26)22-15-12-18(13-16-22)11-14-21-17-23(21,19-7-3-1-4-8-19)20-9-5-2-6-10-20/h1-16,21H,17H2/b14-11+. The molecule has 1 fully saturated rings. The number of hydrogen-bond donors (Lipinski definition) is 0. The summed E-state index contributed by atoms with van der Waals surface area (Å²) in [4.78, 5) is 10.4. The van der Waals surface area contributed by atoms with E-state index >= 15 is 0 Å². The molecule has 0 saturated heterocycles. The molecule has 0 amide bonds. The van der Waals surface area contributed by atoms with Gasteiger partial charge in [-0.1, -0.05) is 72.8 Å². The van der Waals surface area contributed by atoms with Gasteiger partial charge < -0.3 is 0 Å². The highest BCUT2D eigenvalue weighted by Gasteiger charge is 2.54. The van der Waals surface area contributed by atoms with Gasteiger partial charge in [0.15, 0.2) is 0 Å². The zero-order chi connectivity index (χ0) is 18.0. The minimum Gasteiger partial charge on any atom is -0.258 e. The zero-order valence-corrected chi connectivity index (χ0v) is 14.3. The highest BCUT2D eigenvalue weighted by atomic mass is 16.6. The molecule has 4 rings (SSSR count). The molecule has 0 spiro atoms. The number of nitro groups is 1. The van der Waals surface area contributed by atoms with Crippen LogP contribution in [0.25, 0.3) is 6.08 Å². The van der Waals surface area contributed by atoms with Gasteiger partial charge in [0, 0.05) is 17.5 Å². The predicted octanol–water partition coefficient (Wildman–Crippen LogP) is 5.61. The third-order valence-corrected chi connectivity index (χ3v) is 5.22. The van der Waals surface area contributed by atoms with Gasteiger partial charge >= 0.3 is 0 Å². The number of nitro benzene ring substituents is 1. The van der Waals surface area contributed by atoms with Gasteiger partial charge in [-0.15, -0.1) is 0 Å². The van der Waals surface area contributed by atoms with Crippen molar-refractivity contribution in [1.82, 2.24) is 0 Å². The number of rotatable bonds is 5. The third-order valence-electron chi connectivity index (χ3n) is 5.22. The summed E-state index contributed by atoms with van der Waals surface area (Å²) in [5.74, 6) is 0.419. The van der Waals surface area contributed by atoms with E-state index in [2.05, 4.69) is 60.7 Å². The average molecular weight is 341 g/mol. The van der Waals surface area contributed by atoms with Gasteiger partial charge in [0.2, 0.25) is 0 Å². The fraction of sp³-hybridized carbons (Fsp3) is 0.130. The van der Waals surface area contributed by atoms with Crippen LogP contribution in [0.15, 0.2) is 91.0 Å². The van der Waals surface area contributed by atoms with Crippen LogP contribution in [0.3, 0.4) is 0 Å². The molecule has 0 aromatic heterocycles. The van der Waals surface area contributed by atoms with Crippen molar-refractivity contribution in [2.45, 2.75) is 11.8 Å². The van der Waals surface area contributed by atoms with Gasteiger partial charge in [0.25, 0.3) is 5.69 Å². The molecule has 0 aliphatic heterocycles. The predicted molar refractivity (Wildman–Crippen MR) is 104 cm³/mol. The lowest BCUT2D eigenvalue weighted by atomic mass is 9.85. The van der Waals surface area contributed by atoms with Crippen LogP contribution in [-0.4, -0.2) is 4.92 Å². The molecule has 128 valence electrons. The smallest absolute Gasteiger partial charge is 0.258 e. The van der Waals surface area contributed by atoms with E-state index < -0.39 is 0 Å². The zero-order valence-electron chi connectivity index (χ0n) is 14.3. The van der Waals surface area contributed by atoms with E-state index in [9.17, 15) is 10.1 Å². The lowest BCUT2D eigenvalue weighted by molar-refractivity contribution is -0.384. The Kier molecular flexibility index (Phi) is 4.13. The van der Waals surface area contributed by atoms with Crippen LogP contribution in [0.4, 0.5) is 5.69 Å². The Hall–Kier alpha value is -3.20. The molecule has 1 aliphatic rings. The molecule has 1 saturated carbocycles. The highest BCUT2D eigenvalue weighted by Crippen LogP contribution is 2.59. The van der Waals surface area contributed by atoms with Crippen LogP contribution in [0.5, 0.6) is 0 Å². The Morgan fingerprint density at radius 2 is 1.38 bits per heavy atom. The highest BCUT2D eigenvalue weighted by molar-refractivity contribution is 5.56. The second-order valence-electron chi connectivity index (χ2n) is 6.72. The summed E-state index contributed by atoms with van der Waals surface area (Å²) < 4.78 is 0. The van der Waals surface area contributed by atoms with E-state index in [0.29, 0.717) is 5.92 Å². The summed E-state index contributed by atoms with van der Waals surface area (Å²) in [6, 6.07) is 28.0. The van der Waals surface area contributed by atoms with Crippen molar-refractivity contribution in [2.24, 2.45) is 5.92 Å². The summed E-state index contributed by atoms with van der Waals surface area (Å²) in [6.07, 6.45) is 5.38. The number of nitrogens with zero attached hydrogens (tertiary/aromatic N) is 1. The van der Waals surface area contributed by atoms with Crippen molar-refractivity contribution < 1.29 is 4.92 Å². The van der Waals surface area contributed by atoms with Crippen molar-refractivity contribution in [2.75, 3.05) is 0 Å². The minimum atomic E-state index is -0.371. The Morgan fingerprint density at radius 1 is 0.846 bits per heavy atom. The van der Waals surface area contributed by atoms with E-state index in [0.717, 1.165) is 12.0 Å². The van der Waals surface area contributed by atoms with Crippen LogP contribution in [0.1, 0.15) is 23.1 Å². The molecule has 3 aromatic carbocycles. The summed E-state index contributed by atoms with van der Waals surface area (Å²) in [7, 11) is 0. The van der Waals surface area contributed by atoms with E-state index in [1.165, 1.54) is 11.1 Å². The Morgan fingerprint density at radius 3 is 1.88 bits per heavy atom. The van der Waals surface area contributed by atoms with Crippen molar-refractivity contribution in [1.29, 1.82) is 0 Å². The first-order valence-corrected chi connectivity index (χ1v) is 8.74. The van der Waals surface area contributed by atoms with Gasteiger partial charge in [-0.05, 0) is 41.2 Å². The molecule has 3 nitrogen and oxygen atoms in total. The van der Waals surface area contributed by atoms with E-state index in [1.54, 1.807) is 24.3 Å². The Balaban J connectivity index is 1.62. The number of allylic oxidation sites excluding steroid dienone is 1. The van der Waals surface area contributed by atoms with Crippen molar-refractivity contribution in [3.05, 3.63) is 118 Å². The molecule has 26 heavy (non-hydrogen) atoms. The number of benzene rings is 3. The number of hydrogen-bond acceptors (Lipinski definition) is 2. The minimum absolute atomic E-state index is 0.0276. The SMILES string of the molecule is O=[N+]([O-])c1ccc(/C=C/C2CC2(c2ccccc2)c2ccccc2)cc1. The topological polar surface area (TPSA) is 43.1 Å². The van der Waals surface area contributed by atoms with Gasteiger partial charge in [0.1, 0.15) is 0 Å². The Bertz CT molecular complexity index is 891. The summed E-state index contributed by atoms with van der Waals surface area (Å²) in [5, 5.41) is 10.8. The molecule has 1 unspecified atom stereocenters. The number of non-ortho nitro benzene ring substituents is 1. The van der Waals surface area contributed by atoms with Gasteiger partial charge in [-0.3, -0.25) is 10.1 Å². The first kappa shape index (κ1) is 16.3. The summed E-state index contributed by atoms with van der Waals surface area (Å²) in [6.45, 7) is 0. The first-order valence-electron chi connectivity index (χ1n) is 8.74. The molecular formula is C23H19NO2. The average Bonchev–Trinajstić information content (AvgIpc) is 3.44. The molecule has 0 heterocycles. The normalized spacial score (nSPS) is 17.9. The second-order valence-corrected chi connectivity index (χ2v) is 6.72. The quantitative estimate of drug-likeness (QED) is 0.447. The van der Waals surface area contributed by atoms with Crippen LogP contribution < -0.4 is 0 Å². The molecule has 3 heteroatoms. The summed E-state index contributed by atoms with van der Waals surface area (Å²) >= 11 is 0. The maximum Gasteiger partial charge on any atom is 0.269 e. The Labute approximate surface area is 152 Å². The van der Waals surface area contributed by atoms with E-state index in [-0.39, 0.29) is 16.0 Å². The lowest BCUT2D eigenvalue weighted by Crippen LogP contribution is -2.11. The molecule has 1 atom stereocenters. The molecule has 1 aliphatic carbocycles. The molecular weight excluding hydrogens is 322 g/mol. The van der Waals surface area contributed by atoms with Crippen molar-refractivity contribution in [3.63, 3.8) is 0 Å². The van der Waals surface area contributed by atoms with Crippen LogP contribution in [0.2, 0.25) is 0 Å². The maximum absolute atomic E-state index is 10.8. The molecule has 0 bridgehead atoms. The monoisotopic (exact) mass is 341 g/mol. The maximum atomic E-state index is 10.8. The van der Waals surface area contributed by atoms with Crippen LogP contribution >= 0.6 is 0 Å². The fourth-order valence-corrected chi connectivity index (χ4v) is 3.76. The lowest BCUT2D eigenvalue weighted by Gasteiger charge is -2.18. The van der Waals surface area contributed by atoms with E-state index in [4.69, 9.17) is 0 Å². The van der Waals surface area contributed by atoms with Crippen LogP contribution in [-0.2, 0) is 5.41 Å². The van der Waals surface area contributed by atoms with Crippen molar-refractivity contribution in [3.8, 4) is 0 Å². The second kappa shape index (κ2) is 6.60.